The molecular formula is C44H50NO8P. The molecule has 10 heteroatoms. The van der Waals surface area contributed by atoms with Crippen LogP contribution in [0.1, 0.15) is 69.3 Å². The van der Waals surface area contributed by atoms with Gasteiger partial charge in [0.2, 0.25) is 0 Å². The van der Waals surface area contributed by atoms with Crippen LogP contribution in [0.5, 0.6) is 0 Å². The summed E-state index contributed by atoms with van der Waals surface area (Å²) in [5, 5.41) is 14.9. The number of para-hydroxylation sites is 1. The predicted octanol–water partition coefficient (Wildman–Crippen LogP) is 7.99. The van der Waals surface area contributed by atoms with Gasteiger partial charge in [-0.15, -0.1) is 0 Å². The number of aromatic nitrogens is 1. The van der Waals surface area contributed by atoms with Gasteiger partial charge in [-0.25, -0.2) is 0 Å². The summed E-state index contributed by atoms with van der Waals surface area (Å²) in [5.41, 5.74) is 2.15. The van der Waals surface area contributed by atoms with Crippen molar-refractivity contribution in [1.29, 1.82) is 0 Å². The van der Waals surface area contributed by atoms with Gasteiger partial charge < -0.3 is 33.3 Å². The van der Waals surface area contributed by atoms with E-state index in [9.17, 15) is 14.5 Å². The predicted molar refractivity (Wildman–Crippen MR) is 205 cm³/mol. The number of carbonyl (C=O) groups is 1. The second-order valence-electron chi connectivity index (χ2n) is 16.9. The Morgan fingerprint density at radius 1 is 0.889 bits per heavy atom. The number of aryl methyl sites for hydroxylation is 1. The van der Waals surface area contributed by atoms with Crippen molar-refractivity contribution in [2.75, 3.05) is 19.4 Å². The highest BCUT2D eigenvalue weighted by molar-refractivity contribution is 7.53. The van der Waals surface area contributed by atoms with Crippen molar-refractivity contribution < 1.29 is 37.7 Å². The highest BCUT2D eigenvalue weighted by Gasteiger charge is 2.78. The van der Waals surface area contributed by atoms with Crippen LogP contribution in [-0.2, 0) is 57.5 Å². The number of hydrogen-bond acceptors (Lipinski definition) is 8. The molecule has 1 spiro atoms. The van der Waals surface area contributed by atoms with Crippen LogP contribution >= 0.6 is 7.60 Å². The number of H-pyrrole nitrogens is 1. The molecule has 2 bridgehead atoms. The highest BCUT2D eigenvalue weighted by Crippen LogP contribution is 2.72. The molecule has 2 N–H and O–H groups in total. The molecule has 2 saturated carbocycles. The molecule has 0 radical (unpaired) electrons. The first-order valence-electron chi connectivity index (χ1n) is 19.4. The van der Waals surface area contributed by atoms with Crippen LogP contribution in [-0.4, -0.2) is 64.4 Å². The van der Waals surface area contributed by atoms with Gasteiger partial charge >= 0.3 is 7.60 Å². The second-order valence-corrected chi connectivity index (χ2v) is 19.1. The van der Waals surface area contributed by atoms with Crippen molar-refractivity contribution in [3.8, 4) is 0 Å². The van der Waals surface area contributed by atoms with Crippen LogP contribution in [0.25, 0.3) is 10.9 Å². The van der Waals surface area contributed by atoms with E-state index in [1.165, 1.54) is 10.9 Å². The number of hydrogen-bond donors (Lipinski definition) is 2. The van der Waals surface area contributed by atoms with Crippen LogP contribution < -0.4 is 0 Å². The topological polar surface area (TPSA) is 116 Å². The van der Waals surface area contributed by atoms with Gasteiger partial charge in [0.15, 0.2) is 17.7 Å². The molecule has 4 aromatic rings. The lowest BCUT2D eigenvalue weighted by molar-refractivity contribution is -0.281. The van der Waals surface area contributed by atoms with Crippen LogP contribution in [0, 0.1) is 11.3 Å². The van der Waals surface area contributed by atoms with Crippen molar-refractivity contribution in [3.05, 3.63) is 119 Å². The Morgan fingerprint density at radius 2 is 1.59 bits per heavy atom. The van der Waals surface area contributed by atoms with Crippen LogP contribution in [0.2, 0.25) is 0 Å². The molecule has 1 aromatic heterocycles. The van der Waals surface area contributed by atoms with Crippen LogP contribution in [0.3, 0.4) is 0 Å². The van der Waals surface area contributed by atoms with Gasteiger partial charge in [-0.05, 0) is 74.3 Å². The summed E-state index contributed by atoms with van der Waals surface area (Å²) in [6.45, 7) is 8.42. The molecule has 5 aliphatic rings. The summed E-state index contributed by atoms with van der Waals surface area (Å²) in [6.07, 6.45) is 3.33. The standard InChI is InChI=1S/C44H50NO8P/c1-40(2)39-35(46)27-36-43(52-39,53-40)21-20-41(3)42(4)31(25-33-32-17-11-12-18-34(32)45-38(33)42)26-37(44(36,41)47)49-22-23-50-54(48,24-19-29-13-7-5-8-14-29)51-28-30-15-9-6-10-16-30/h5-18,27,31,37,39,45,47H,19-26,28H2,1-4H3/t31-,37+,39?,41?,42-,43+,44+,54?/m1/s1. The number of nitrogens with one attached hydrogen (secondary N) is 1. The molecule has 1 saturated heterocycles. The van der Waals surface area contributed by atoms with Gasteiger partial charge in [-0.3, -0.25) is 9.36 Å². The largest absolute Gasteiger partial charge is 0.382 e. The van der Waals surface area contributed by atoms with Gasteiger partial charge in [0.1, 0.15) is 11.2 Å². The normalized spacial score (nSPS) is 34.4. The van der Waals surface area contributed by atoms with Crippen LogP contribution in [0.15, 0.2) is 96.6 Å². The zero-order valence-electron chi connectivity index (χ0n) is 31.5. The van der Waals surface area contributed by atoms with E-state index in [-0.39, 0.29) is 37.7 Å². The smallest absolute Gasteiger partial charge is 0.331 e. The van der Waals surface area contributed by atoms with Crippen molar-refractivity contribution in [1.82, 2.24) is 4.98 Å². The molecule has 3 fully saturated rings. The monoisotopic (exact) mass is 751 g/mol. The minimum atomic E-state index is -3.56. The van der Waals surface area contributed by atoms with E-state index in [0.29, 0.717) is 31.3 Å². The molecule has 3 aromatic carbocycles. The Balaban J connectivity index is 1.02. The summed E-state index contributed by atoms with van der Waals surface area (Å²) in [6, 6.07) is 27.9. The van der Waals surface area contributed by atoms with Gasteiger partial charge in [0.05, 0.1) is 32.1 Å². The van der Waals surface area contributed by atoms with E-state index in [1.807, 2.05) is 80.6 Å². The van der Waals surface area contributed by atoms with Crippen LogP contribution in [0.4, 0.5) is 0 Å². The van der Waals surface area contributed by atoms with E-state index in [4.69, 9.17) is 23.3 Å². The first kappa shape index (κ1) is 36.3. The Labute approximate surface area is 316 Å². The Bertz CT molecular complexity index is 2120. The van der Waals surface area contributed by atoms with Gasteiger partial charge in [-0.1, -0.05) is 92.7 Å². The molecule has 284 valence electrons. The van der Waals surface area contributed by atoms with E-state index in [0.717, 1.165) is 28.8 Å². The lowest BCUT2D eigenvalue weighted by atomic mass is 9.41. The summed E-state index contributed by atoms with van der Waals surface area (Å²) >= 11 is 0. The average Bonchev–Trinajstić information content (AvgIpc) is 3.76. The van der Waals surface area contributed by atoms with E-state index >= 15 is 0 Å². The molecule has 2 aliphatic heterocycles. The number of carbonyl (C=O) groups excluding carboxylic acids is 1. The number of aromatic amines is 1. The first-order chi connectivity index (χ1) is 25.8. The number of ether oxygens (including phenoxy) is 3. The minimum absolute atomic E-state index is 0.000985. The molecule has 9 nitrogen and oxygen atoms in total. The summed E-state index contributed by atoms with van der Waals surface area (Å²) < 4.78 is 46.5. The maximum atomic E-state index is 14.3. The molecule has 3 unspecified atom stereocenters. The van der Waals surface area contributed by atoms with E-state index < -0.39 is 47.6 Å². The third-order valence-corrected chi connectivity index (χ3v) is 15.6. The minimum Gasteiger partial charge on any atom is -0.382 e. The molecule has 3 aliphatic carbocycles. The second kappa shape index (κ2) is 12.8. The zero-order valence-corrected chi connectivity index (χ0v) is 32.4. The number of rotatable bonds is 11. The quantitative estimate of drug-likeness (QED) is 0.117. The average molecular weight is 752 g/mol. The Morgan fingerprint density at radius 3 is 2.35 bits per heavy atom. The SMILES string of the molecule is CC1(C)O[C@@]23CCC4(C)[C@@]5(C)c6[nH]c7ccccc7c6C[C@@H]5C[C@H](OCCOP(=O)(CCc5ccccc5)OCc5ccccc5)[C@@]4(O)C2=CC(=O)C1O3. The Kier molecular flexibility index (Phi) is 8.61. The molecular weight excluding hydrogens is 701 g/mol. The number of fused-ring (bicyclic) bond motifs is 9. The molecule has 54 heavy (non-hydrogen) atoms. The third kappa shape index (κ3) is 5.34. The molecule has 0 amide bonds. The van der Waals surface area contributed by atoms with Gasteiger partial charge in [0.25, 0.3) is 0 Å². The lowest BCUT2D eigenvalue weighted by Crippen LogP contribution is -2.74. The first-order valence-corrected chi connectivity index (χ1v) is 21.1. The maximum absolute atomic E-state index is 14.3. The fraction of sp³-hybridized carbons (Fsp3) is 0.477. The Hall–Kier alpha value is -3.40. The molecule has 9 rings (SSSR count). The molecule has 3 heterocycles. The fourth-order valence-electron chi connectivity index (χ4n) is 10.8. The summed E-state index contributed by atoms with van der Waals surface area (Å²) in [7, 11) is -3.56. The van der Waals surface area contributed by atoms with Crippen molar-refractivity contribution in [2.45, 2.75) is 101 Å². The maximum Gasteiger partial charge on any atom is 0.331 e. The highest BCUT2D eigenvalue weighted by atomic mass is 31.2. The van der Waals surface area contributed by atoms with Crippen molar-refractivity contribution in [3.63, 3.8) is 0 Å². The number of benzene rings is 3. The van der Waals surface area contributed by atoms with E-state index in [2.05, 4.69) is 37.0 Å². The van der Waals surface area contributed by atoms with Crippen molar-refractivity contribution in [2.24, 2.45) is 11.3 Å². The fourth-order valence-corrected chi connectivity index (χ4v) is 12.3. The lowest BCUT2D eigenvalue weighted by Gasteiger charge is -2.67. The van der Waals surface area contributed by atoms with E-state index in [1.54, 1.807) is 6.08 Å². The van der Waals surface area contributed by atoms with Crippen molar-refractivity contribution >= 4 is 24.3 Å². The summed E-state index contributed by atoms with van der Waals surface area (Å²) in [4.78, 5) is 17.5. The molecule has 8 atom stereocenters. The third-order valence-electron chi connectivity index (χ3n) is 13.7. The van der Waals surface area contributed by atoms with Gasteiger partial charge in [0, 0.05) is 39.4 Å². The number of aliphatic hydroxyl groups is 1. The summed E-state index contributed by atoms with van der Waals surface area (Å²) in [5.74, 6) is -1.30. The zero-order chi connectivity index (χ0) is 37.6. The number of ketones is 1. The van der Waals surface area contributed by atoms with Gasteiger partial charge in [-0.2, -0.15) is 0 Å².